The number of carbonyl (C=O) groups is 2. The number of anilines is 1. The van der Waals surface area contributed by atoms with Gasteiger partial charge in [0.15, 0.2) is 0 Å². The van der Waals surface area contributed by atoms with Gasteiger partial charge in [0.1, 0.15) is 17.9 Å². The topological polar surface area (TPSA) is 145 Å². The average molecular weight is 557 g/mol. The van der Waals surface area contributed by atoms with Gasteiger partial charge in [0.2, 0.25) is 0 Å². The Morgan fingerprint density at radius 2 is 1.51 bits per heavy atom. The Morgan fingerprint density at radius 1 is 0.872 bits per heavy atom. The van der Waals surface area contributed by atoms with Crippen LogP contribution in [0.5, 0.6) is 0 Å². The largest absolute Gasteiger partial charge is 0.443 e. The molecular weight excluding hydrogens is 532 g/mol. The summed E-state index contributed by atoms with van der Waals surface area (Å²) in [6.45, 7) is 4.26. The number of nitro benzene ring substituents is 2. The van der Waals surface area contributed by atoms with Crippen LogP contribution in [0.1, 0.15) is 31.9 Å². The van der Waals surface area contributed by atoms with Crippen LogP contribution in [0.25, 0.3) is 0 Å². The molecule has 0 saturated carbocycles. The molecular formula is C26H25ClN4O8. The third-order valence-corrected chi connectivity index (χ3v) is 5.32. The molecule has 12 nitrogen and oxygen atoms in total. The van der Waals surface area contributed by atoms with Crippen LogP contribution in [0.3, 0.4) is 0 Å². The number of non-ortho nitro benzene ring substituents is 1. The van der Waals surface area contributed by atoms with Crippen molar-refractivity contribution < 1.29 is 28.9 Å². The minimum atomic E-state index is -1.15. The molecule has 0 N–H and O–H groups in total. The molecule has 13 heteroatoms. The molecule has 39 heavy (non-hydrogen) atoms. The second-order valence-corrected chi connectivity index (χ2v) is 9.64. The zero-order valence-electron chi connectivity index (χ0n) is 21.3. The van der Waals surface area contributed by atoms with Gasteiger partial charge in [0, 0.05) is 11.1 Å². The summed E-state index contributed by atoms with van der Waals surface area (Å²) in [5.41, 5.74) is -1.73. The molecule has 0 heterocycles. The average Bonchev–Trinajstić information content (AvgIpc) is 2.87. The molecule has 0 aliphatic rings. The van der Waals surface area contributed by atoms with E-state index in [1.165, 1.54) is 0 Å². The van der Waals surface area contributed by atoms with Gasteiger partial charge in [0.25, 0.3) is 5.69 Å². The van der Waals surface area contributed by atoms with Crippen LogP contribution < -0.4 is 5.01 Å². The SMILES string of the molecule is CC(C)(C)OC(=O)N(c1ccc([N+](=O)[O-])cc1[N+](=O)[O-])N(Cc1ccc(Cl)cc1)C(=O)OCc1ccccc1. The number of amides is 2. The van der Waals surface area contributed by atoms with E-state index < -0.39 is 44.7 Å². The maximum absolute atomic E-state index is 13.5. The number of hydrogen-bond acceptors (Lipinski definition) is 8. The smallest absolute Gasteiger partial charge is 0.434 e. The van der Waals surface area contributed by atoms with Gasteiger partial charge in [-0.25, -0.2) is 14.6 Å². The van der Waals surface area contributed by atoms with Gasteiger partial charge in [-0.15, -0.1) is 0 Å². The lowest BCUT2D eigenvalue weighted by molar-refractivity contribution is -0.393. The van der Waals surface area contributed by atoms with E-state index in [1.54, 1.807) is 75.4 Å². The molecule has 3 rings (SSSR count). The van der Waals surface area contributed by atoms with Crippen LogP contribution in [-0.4, -0.2) is 32.6 Å². The lowest BCUT2D eigenvalue weighted by Crippen LogP contribution is -2.51. The van der Waals surface area contributed by atoms with Crippen LogP contribution in [-0.2, 0) is 22.6 Å². The summed E-state index contributed by atoms with van der Waals surface area (Å²) in [7, 11) is 0. The van der Waals surface area contributed by atoms with Crippen molar-refractivity contribution in [1.29, 1.82) is 0 Å². The first-order valence-electron chi connectivity index (χ1n) is 11.5. The summed E-state index contributed by atoms with van der Waals surface area (Å²) >= 11 is 5.99. The Bertz CT molecular complexity index is 1360. The summed E-state index contributed by atoms with van der Waals surface area (Å²) in [4.78, 5) is 48.5. The van der Waals surface area contributed by atoms with Crippen molar-refractivity contribution in [3.8, 4) is 0 Å². The predicted octanol–water partition coefficient (Wildman–Crippen LogP) is 6.65. The molecule has 0 saturated heterocycles. The van der Waals surface area contributed by atoms with E-state index in [-0.39, 0.29) is 13.2 Å². The highest BCUT2D eigenvalue weighted by atomic mass is 35.5. The van der Waals surface area contributed by atoms with Gasteiger partial charge in [0.05, 0.1) is 22.5 Å². The zero-order valence-corrected chi connectivity index (χ0v) is 22.0. The fourth-order valence-corrected chi connectivity index (χ4v) is 3.48. The highest BCUT2D eigenvalue weighted by Gasteiger charge is 2.37. The van der Waals surface area contributed by atoms with E-state index in [0.717, 1.165) is 17.1 Å². The number of carbonyl (C=O) groups excluding carboxylic acids is 2. The molecule has 204 valence electrons. The van der Waals surface area contributed by atoms with E-state index >= 15 is 0 Å². The zero-order chi connectivity index (χ0) is 28.7. The molecule has 0 aromatic heterocycles. The summed E-state index contributed by atoms with van der Waals surface area (Å²) < 4.78 is 10.9. The van der Waals surface area contributed by atoms with Gasteiger partial charge < -0.3 is 9.47 Å². The number of nitro groups is 2. The lowest BCUT2D eigenvalue weighted by Gasteiger charge is -2.34. The number of nitrogens with zero attached hydrogens (tertiary/aromatic N) is 4. The number of ether oxygens (including phenoxy) is 2. The Morgan fingerprint density at radius 3 is 2.08 bits per heavy atom. The second kappa shape index (κ2) is 12.2. The molecule has 0 radical (unpaired) electrons. The Labute approximate surface area is 228 Å². The van der Waals surface area contributed by atoms with E-state index in [0.29, 0.717) is 27.2 Å². The Balaban J connectivity index is 2.14. The number of hydrogen-bond donors (Lipinski definition) is 0. The highest BCUT2D eigenvalue weighted by molar-refractivity contribution is 6.30. The van der Waals surface area contributed by atoms with E-state index in [9.17, 15) is 29.8 Å². The third-order valence-electron chi connectivity index (χ3n) is 5.06. The normalized spacial score (nSPS) is 10.9. The van der Waals surface area contributed by atoms with Gasteiger partial charge in [-0.2, -0.15) is 5.01 Å². The quantitative estimate of drug-likeness (QED) is 0.232. The number of hydrazine groups is 1. The van der Waals surface area contributed by atoms with Gasteiger partial charge in [-0.3, -0.25) is 20.2 Å². The molecule has 0 aliphatic carbocycles. The minimum absolute atomic E-state index is 0.165. The fourth-order valence-electron chi connectivity index (χ4n) is 3.36. The van der Waals surface area contributed by atoms with Gasteiger partial charge in [-0.1, -0.05) is 54.1 Å². The highest BCUT2D eigenvalue weighted by Crippen LogP contribution is 2.35. The van der Waals surface area contributed by atoms with E-state index in [4.69, 9.17) is 21.1 Å². The summed E-state index contributed by atoms with van der Waals surface area (Å²) in [5, 5.41) is 25.2. The first-order chi connectivity index (χ1) is 18.4. The van der Waals surface area contributed by atoms with Crippen molar-refractivity contribution >= 4 is 40.8 Å². The number of benzene rings is 3. The maximum atomic E-state index is 13.5. The van der Waals surface area contributed by atoms with Crippen molar-refractivity contribution in [1.82, 2.24) is 5.01 Å². The first kappa shape index (κ1) is 28.9. The summed E-state index contributed by atoms with van der Waals surface area (Å²) in [6, 6.07) is 17.7. The standard InChI is InChI=1S/C26H25ClN4O8/c1-26(2,3)39-25(33)29(22-14-13-21(30(34)35)15-23(22)31(36)37)28(16-18-9-11-20(27)12-10-18)24(32)38-17-19-7-5-4-6-8-19/h4-15H,16-17H2,1-3H3. The van der Waals surface area contributed by atoms with Crippen molar-refractivity contribution in [2.45, 2.75) is 39.5 Å². The Kier molecular flexibility index (Phi) is 9.04. The summed E-state index contributed by atoms with van der Waals surface area (Å²) in [5.74, 6) is 0. The number of halogens is 1. The molecule has 3 aromatic rings. The van der Waals surface area contributed by atoms with Crippen molar-refractivity contribution in [2.75, 3.05) is 5.01 Å². The van der Waals surface area contributed by atoms with E-state index in [2.05, 4.69) is 0 Å². The molecule has 0 spiro atoms. The summed E-state index contributed by atoms with van der Waals surface area (Å²) in [6.07, 6.45) is -2.18. The molecule has 3 aromatic carbocycles. The van der Waals surface area contributed by atoms with Crippen LogP contribution in [0.4, 0.5) is 26.7 Å². The van der Waals surface area contributed by atoms with Crippen molar-refractivity contribution in [2.24, 2.45) is 0 Å². The van der Waals surface area contributed by atoms with Crippen LogP contribution in [0.2, 0.25) is 5.02 Å². The first-order valence-corrected chi connectivity index (χ1v) is 11.9. The van der Waals surface area contributed by atoms with Gasteiger partial charge in [-0.05, 0) is 50.1 Å². The van der Waals surface area contributed by atoms with Crippen molar-refractivity contribution in [3.05, 3.63) is 109 Å². The lowest BCUT2D eigenvalue weighted by atomic mass is 10.2. The minimum Gasteiger partial charge on any atom is -0.443 e. The third kappa shape index (κ3) is 7.89. The van der Waals surface area contributed by atoms with Crippen LogP contribution in [0, 0.1) is 20.2 Å². The van der Waals surface area contributed by atoms with Crippen LogP contribution in [0.15, 0.2) is 72.8 Å². The van der Waals surface area contributed by atoms with Crippen molar-refractivity contribution in [3.63, 3.8) is 0 Å². The molecule has 2 amide bonds. The molecule has 0 unspecified atom stereocenters. The number of rotatable bonds is 7. The van der Waals surface area contributed by atoms with Crippen LogP contribution >= 0.6 is 11.6 Å². The fraction of sp³-hybridized carbons (Fsp3) is 0.231. The maximum Gasteiger partial charge on any atom is 0.434 e. The Hall–Kier alpha value is -4.71. The predicted molar refractivity (Wildman–Crippen MR) is 142 cm³/mol. The molecule has 0 atom stereocenters. The molecule has 0 fully saturated rings. The van der Waals surface area contributed by atoms with E-state index in [1.807, 2.05) is 0 Å². The second-order valence-electron chi connectivity index (χ2n) is 9.20. The molecule has 0 bridgehead atoms. The monoisotopic (exact) mass is 556 g/mol. The molecule has 0 aliphatic heterocycles. The van der Waals surface area contributed by atoms with Gasteiger partial charge >= 0.3 is 17.9 Å².